The molecule has 2 aromatic carbocycles. The maximum Gasteiger partial charge on any atom is 0.127 e. The molecule has 0 saturated heterocycles. The molecule has 0 spiro atoms. The van der Waals surface area contributed by atoms with E-state index in [1.54, 1.807) is 12.1 Å². The number of rotatable bonds is 2. The van der Waals surface area contributed by atoms with Gasteiger partial charge in [-0.3, -0.25) is 0 Å². The molecular weight excluding hydrogens is 275 g/mol. The Hall–Kier alpha value is -2.06. The topological polar surface area (TPSA) is 9.23 Å². The molecule has 100 valence electrons. The predicted molar refractivity (Wildman–Crippen MR) is 80.4 cm³/mol. The fourth-order valence-corrected chi connectivity index (χ4v) is 2.22. The van der Waals surface area contributed by atoms with Crippen LogP contribution in [0.25, 0.3) is 12.2 Å². The normalized spacial score (nSPS) is 13.8. The fourth-order valence-electron chi connectivity index (χ4n) is 2.04. The van der Waals surface area contributed by atoms with Crippen LogP contribution in [0.3, 0.4) is 0 Å². The number of hydrogen-bond donors (Lipinski definition) is 0. The van der Waals surface area contributed by atoms with Crippen LogP contribution < -0.4 is 4.74 Å². The monoisotopic (exact) mass is 286 g/mol. The van der Waals surface area contributed by atoms with E-state index in [0.29, 0.717) is 11.6 Å². The maximum absolute atomic E-state index is 12.8. The highest BCUT2D eigenvalue weighted by molar-refractivity contribution is 6.30. The summed E-state index contributed by atoms with van der Waals surface area (Å²) in [4.78, 5) is 0. The molecule has 0 aliphatic carbocycles. The third-order valence-electron chi connectivity index (χ3n) is 3.07. The molecule has 0 unspecified atom stereocenters. The zero-order chi connectivity index (χ0) is 13.9. The van der Waals surface area contributed by atoms with Gasteiger partial charge in [-0.1, -0.05) is 35.9 Å². The second-order valence-electron chi connectivity index (χ2n) is 4.57. The first kappa shape index (κ1) is 12.9. The van der Waals surface area contributed by atoms with E-state index in [1.807, 2.05) is 36.4 Å². The van der Waals surface area contributed by atoms with Crippen LogP contribution in [-0.4, -0.2) is 6.61 Å². The third kappa shape index (κ3) is 2.91. The lowest BCUT2D eigenvalue weighted by Crippen LogP contribution is -2.05. The first-order chi connectivity index (χ1) is 9.70. The number of benzene rings is 2. The van der Waals surface area contributed by atoms with Gasteiger partial charge in [0.15, 0.2) is 0 Å². The molecule has 3 heteroatoms. The minimum Gasteiger partial charge on any atom is -0.488 e. The summed E-state index contributed by atoms with van der Waals surface area (Å²) in [7, 11) is 0. The first-order valence-electron chi connectivity index (χ1n) is 6.27. The van der Waals surface area contributed by atoms with Crippen molar-refractivity contribution in [2.24, 2.45) is 0 Å². The summed E-state index contributed by atoms with van der Waals surface area (Å²) in [6, 6.07) is 11.9. The Kier molecular flexibility index (Phi) is 3.57. The van der Waals surface area contributed by atoms with Crippen molar-refractivity contribution in [1.29, 1.82) is 0 Å². The lowest BCUT2D eigenvalue weighted by Gasteiger charge is -2.16. The Morgan fingerprint density at radius 2 is 1.85 bits per heavy atom. The van der Waals surface area contributed by atoms with Crippen LogP contribution in [-0.2, 0) is 0 Å². The largest absolute Gasteiger partial charge is 0.488 e. The Labute approximate surface area is 122 Å². The minimum atomic E-state index is -0.231. The van der Waals surface area contributed by atoms with E-state index < -0.39 is 0 Å². The molecule has 20 heavy (non-hydrogen) atoms. The molecule has 0 amide bonds. The number of halogens is 2. The summed E-state index contributed by atoms with van der Waals surface area (Å²) >= 11 is 5.97. The highest BCUT2D eigenvalue weighted by atomic mass is 35.5. The van der Waals surface area contributed by atoms with Gasteiger partial charge in [0.2, 0.25) is 0 Å². The third-order valence-corrected chi connectivity index (χ3v) is 3.30. The SMILES string of the molecule is Fc1ccc(/C=C/C2=Cc3cc(Cl)ccc3OC2)cc1. The standard InChI is InChI=1S/C17H12ClFO/c18-15-5-8-17-14(10-15)9-13(11-20-17)2-1-12-3-6-16(19)7-4-12/h1-10H,11H2/b2-1+. The molecule has 0 atom stereocenters. The average molecular weight is 287 g/mol. The molecule has 0 saturated carbocycles. The molecule has 0 bridgehead atoms. The zero-order valence-electron chi connectivity index (χ0n) is 10.6. The maximum atomic E-state index is 12.8. The Bertz CT molecular complexity index is 687. The summed E-state index contributed by atoms with van der Waals surface area (Å²) in [5.74, 6) is 0.610. The van der Waals surface area contributed by atoms with Crippen LogP contribution in [0, 0.1) is 5.82 Å². The molecule has 1 aliphatic heterocycles. The van der Waals surface area contributed by atoms with Crippen molar-refractivity contribution in [3.63, 3.8) is 0 Å². The van der Waals surface area contributed by atoms with Gasteiger partial charge in [-0.15, -0.1) is 0 Å². The summed E-state index contributed by atoms with van der Waals surface area (Å²) in [6.07, 6.45) is 5.95. The zero-order valence-corrected chi connectivity index (χ0v) is 11.4. The quantitative estimate of drug-likeness (QED) is 0.757. The summed E-state index contributed by atoms with van der Waals surface area (Å²) < 4.78 is 18.5. The van der Waals surface area contributed by atoms with Gasteiger partial charge in [0.1, 0.15) is 18.2 Å². The van der Waals surface area contributed by atoms with E-state index in [-0.39, 0.29) is 5.82 Å². The van der Waals surface area contributed by atoms with E-state index in [2.05, 4.69) is 0 Å². The van der Waals surface area contributed by atoms with Gasteiger partial charge < -0.3 is 4.74 Å². The van der Waals surface area contributed by atoms with Crippen molar-refractivity contribution in [1.82, 2.24) is 0 Å². The second kappa shape index (κ2) is 5.51. The Balaban J connectivity index is 1.83. The molecule has 0 N–H and O–H groups in total. The molecule has 2 aromatic rings. The van der Waals surface area contributed by atoms with E-state index in [4.69, 9.17) is 16.3 Å². The molecule has 0 radical (unpaired) electrons. The van der Waals surface area contributed by atoms with Gasteiger partial charge in [0, 0.05) is 10.6 Å². The molecule has 0 aromatic heterocycles. The van der Waals surface area contributed by atoms with Gasteiger partial charge in [0.25, 0.3) is 0 Å². The van der Waals surface area contributed by atoms with Crippen molar-refractivity contribution >= 4 is 23.8 Å². The van der Waals surface area contributed by atoms with Crippen molar-refractivity contribution in [2.75, 3.05) is 6.61 Å². The summed E-state index contributed by atoms with van der Waals surface area (Å²) in [5, 5.41) is 0.687. The lowest BCUT2D eigenvalue weighted by molar-refractivity contribution is 0.351. The van der Waals surface area contributed by atoms with Crippen LogP contribution in [0.15, 0.2) is 54.1 Å². The Morgan fingerprint density at radius 3 is 2.65 bits per heavy atom. The van der Waals surface area contributed by atoms with Crippen LogP contribution in [0.4, 0.5) is 4.39 Å². The summed E-state index contributed by atoms with van der Waals surface area (Å²) in [6.45, 7) is 0.520. The highest BCUT2D eigenvalue weighted by Crippen LogP contribution is 2.29. The van der Waals surface area contributed by atoms with Crippen LogP contribution in [0.2, 0.25) is 5.02 Å². The minimum absolute atomic E-state index is 0.231. The highest BCUT2D eigenvalue weighted by Gasteiger charge is 2.09. The van der Waals surface area contributed by atoms with Crippen LogP contribution in [0.5, 0.6) is 5.75 Å². The van der Waals surface area contributed by atoms with Crippen molar-refractivity contribution in [3.05, 3.63) is 76.1 Å². The molecule has 1 aliphatic rings. The van der Waals surface area contributed by atoms with Gasteiger partial charge >= 0.3 is 0 Å². The van der Waals surface area contributed by atoms with Gasteiger partial charge in [0.05, 0.1) is 0 Å². The van der Waals surface area contributed by atoms with E-state index in [9.17, 15) is 4.39 Å². The smallest absolute Gasteiger partial charge is 0.127 e. The second-order valence-corrected chi connectivity index (χ2v) is 5.01. The Morgan fingerprint density at radius 1 is 1.05 bits per heavy atom. The lowest BCUT2D eigenvalue weighted by atomic mass is 10.1. The van der Waals surface area contributed by atoms with E-state index in [0.717, 1.165) is 22.4 Å². The van der Waals surface area contributed by atoms with Gasteiger partial charge in [-0.2, -0.15) is 0 Å². The average Bonchev–Trinajstić information content (AvgIpc) is 2.46. The van der Waals surface area contributed by atoms with Gasteiger partial charge in [-0.25, -0.2) is 4.39 Å². The first-order valence-corrected chi connectivity index (χ1v) is 6.65. The van der Waals surface area contributed by atoms with Crippen molar-refractivity contribution < 1.29 is 9.13 Å². The van der Waals surface area contributed by atoms with Gasteiger partial charge in [-0.05, 0) is 47.5 Å². The number of hydrogen-bond acceptors (Lipinski definition) is 1. The van der Waals surface area contributed by atoms with Crippen molar-refractivity contribution in [3.8, 4) is 5.75 Å². The van der Waals surface area contributed by atoms with Crippen LogP contribution >= 0.6 is 11.6 Å². The number of ether oxygens (including phenoxy) is 1. The molecule has 1 nitrogen and oxygen atoms in total. The molecule has 0 fully saturated rings. The molecular formula is C17H12ClFO. The van der Waals surface area contributed by atoms with Crippen molar-refractivity contribution in [2.45, 2.75) is 0 Å². The molecule has 3 rings (SSSR count). The molecule has 1 heterocycles. The fraction of sp³-hybridized carbons (Fsp3) is 0.0588. The van der Waals surface area contributed by atoms with E-state index in [1.165, 1.54) is 12.1 Å². The predicted octanol–water partition coefficient (Wildman–Crippen LogP) is 4.97. The summed E-state index contributed by atoms with van der Waals surface area (Å²) in [5.41, 5.74) is 2.97. The van der Waals surface area contributed by atoms with E-state index >= 15 is 0 Å². The van der Waals surface area contributed by atoms with Crippen LogP contribution in [0.1, 0.15) is 11.1 Å². The number of fused-ring (bicyclic) bond motifs is 1.